The highest BCUT2D eigenvalue weighted by Crippen LogP contribution is 2.29. The number of rotatable bonds is 4. The summed E-state index contributed by atoms with van der Waals surface area (Å²) in [6.07, 6.45) is 0. The molecule has 0 radical (unpaired) electrons. The molecule has 2 N–H and O–H groups in total. The summed E-state index contributed by atoms with van der Waals surface area (Å²) < 4.78 is 0. The number of nitrogen functional groups attached to an aromatic ring is 1. The normalized spacial score (nSPS) is 10.5. The number of nitro benzene ring substituents is 1. The maximum atomic E-state index is 10.9. The summed E-state index contributed by atoms with van der Waals surface area (Å²) in [4.78, 5) is 11.7. The van der Waals surface area contributed by atoms with Gasteiger partial charge in [0.2, 0.25) is 0 Å². The molecule has 0 heterocycles. The zero-order chi connectivity index (χ0) is 14.7. The molecule has 0 amide bonds. The molecule has 104 valence electrons. The second kappa shape index (κ2) is 5.96. The fourth-order valence-electron chi connectivity index (χ4n) is 1.92. The molecule has 2 rings (SSSR count). The van der Waals surface area contributed by atoms with Gasteiger partial charge in [-0.05, 0) is 43.2 Å². The third kappa shape index (κ3) is 3.11. The van der Waals surface area contributed by atoms with Crippen LogP contribution in [-0.4, -0.2) is 4.92 Å². The van der Waals surface area contributed by atoms with Crippen molar-refractivity contribution in [2.75, 3.05) is 5.73 Å². The first-order valence-corrected chi connectivity index (χ1v) is 7.19. The fourth-order valence-corrected chi connectivity index (χ4v) is 2.98. The van der Waals surface area contributed by atoms with E-state index in [1.54, 1.807) is 24.8 Å². The molecule has 0 aliphatic heterocycles. The van der Waals surface area contributed by atoms with E-state index < -0.39 is 0 Å². The summed E-state index contributed by atoms with van der Waals surface area (Å²) in [5, 5.41) is 10.9. The van der Waals surface area contributed by atoms with Crippen molar-refractivity contribution in [2.24, 2.45) is 0 Å². The molecule has 0 aliphatic carbocycles. The number of hydrogen-bond donors (Lipinski definition) is 1. The summed E-state index contributed by atoms with van der Waals surface area (Å²) in [6.45, 7) is 3.76. The molecule has 0 aliphatic rings. The van der Waals surface area contributed by atoms with Gasteiger partial charge in [-0.3, -0.25) is 10.1 Å². The topological polar surface area (TPSA) is 69.2 Å². The van der Waals surface area contributed by atoms with Crippen molar-refractivity contribution in [3.05, 3.63) is 63.2 Å². The van der Waals surface area contributed by atoms with E-state index in [-0.39, 0.29) is 10.6 Å². The van der Waals surface area contributed by atoms with Gasteiger partial charge in [0.05, 0.1) is 4.92 Å². The van der Waals surface area contributed by atoms with Gasteiger partial charge in [0, 0.05) is 28.0 Å². The molecule has 5 heteroatoms. The second-order valence-corrected chi connectivity index (χ2v) is 5.67. The summed E-state index contributed by atoms with van der Waals surface area (Å²) in [5.41, 5.74) is 9.51. The van der Waals surface area contributed by atoms with Crippen molar-refractivity contribution in [3.8, 4) is 0 Å². The van der Waals surface area contributed by atoms with Crippen molar-refractivity contribution in [2.45, 2.75) is 24.5 Å². The van der Waals surface area contributed by atoms with Crippen LogP contribution in [0.2, 0.25) is 0 Å². The van der Waals surface area contributed by atoms with E-state index in [2.05, 4.69) is 0 Å². The summed E-state index contributed by atoms with van der Waals surface area (Å²) in [7, 11) is 0. The highest BCUT2D eigenvalue weighted by Gasteiger charge is 2.13. The predicted molar refractivity (Wildman–Crippen MR) is 83.0 cm³/mol. The molecule has 0 fully saturated rings. The Morgan fingerprint density at radius 2 is 2.00 bits per heavy atom. The maximum absolute atomic E-state index is 10.9. The molecule has 0 saturated carbocycles. The van der Waals surface area contributed by atoms with Crippen LogP contribution in [-0.2, 0) is 5.75 Å². The van der Waals surface area contributed by atoms with E-state index in [1.807, 2.05) is 31.2 Å². The first-order valence-electron chi connectivity index (χ1n) is 6.21. The Bertz CT molecular complexity index is 656. The molecule has 4 nitrogen and oxygen atoms in total. The molecule has 0 unspecified atom stereocenters. The lowest BCUT2D eigenvalue weighted by Crippen LogP contribution is -1.95. The van der Waals surface area contributed by atoms with Crippen LogP contribution in [0.4, 0.5) is 11.4 Å². The minimum absolute atomic E-state index is 0.177. The Kier molecular flexibility index (Phi) is 4.29. The standard InChI is InChI=1S/C15H16N2O2S/c1-10-8-13(6-7-14(10)16)20-9-12-4-3-5-15(11(12)2)17(18)19/h3-8H,9,16H2,1-2H3. The van der Waals surface area contributed by atoms with Crippen LogP contribution in [0.5, 0.6) is 0 Å². The van der Waals surface area contributed by atoms with Gasteiger partial charge >= 0.3 is 0 Å². The van der Waals surface area contributed by atoms with Crippen molar-refractivity contribution >= 4 is 23.1 Å². The molecular weight excluding hydrogens is 272 g/mol. The fraction of sp³-hybridized carbons (Fsp3) is 0.200. The number of nitrogens with two attached hydrogens (primary N) is 1. The molecule has 0 atom stereocenters. The SMILES string of the molecule is Cc1cc(SCc2cccc([N+](=O)[O-])c2C)ccc1N. The molecular formula is C15H16N2O2S. The number of benzene rings is 2. The van der Waals surface area contributed by atoms with Crippen molar-refractivity contribution in [1.82, 2.24) is 0 Å². The lowest BCUT2D eigenvalue weighted by Gasteiger charge is -2.07. The Hall–Kier alpha value is -2.01. The largest absolute Gasteiger partial charge is 0.399 e. The average molecular weight is 288 g/mol. The van der Waals surface area contributed by atoms with Gasteiger partial charge < -0.3 is 5.73 Å². The molecule has 2 aromatic rings. The van der Waals surface area contributed by atoms with E-state index >= 15 is 0 Å². The monoisotopic (exact) mass is 288 g/mol. The minimum atomic E-state index is -0.336. The number of anilines is 1. The van der Waals surface area contributed by atoms with Crippen LogP contribution in [0.15, 0.2) is 41.3 Å². The van der Waals surface area contributed by atoms with Gasteiger partial charge in [0.25, 0.3) is 5.69 Å². The van der Waals surface area contributed by atoms with Crippen LogP contribution in [0.3, 0.4) is 0 Å². The Labute approximate surface area is 122 Å². The zero-order valence-electron chi connectivity index (χ0n) is 11.4. The minimum Gasteiger partial charge on any atom is -0.399 e. The molecule has 0 spiro atoms. The van der Waals surface area contributed by atoms with Gasteiger partial charge in [0.15, 0.2) is 0 Å². The van der Waals surface area contributed by atoms with E-state index in [9.17, 15) is 10.1 Å². The van der Waals surface area contributed by atoms with Crippen LogP contribution in [0.1, 0.15) is 16.7 Å². The van der Waals surface area contributed by atoms with E-state index in [4.69, 9.17) is 5.73 Å². The third-order valence-electron chi connectivity index (χ3n) is 3.25. The number of hydrogen-bond acceptors (Lipinski definition) is 4. The maximum Gasteiger partial charge on any atom is 0.272 e. The van der Waals surface area contributed by atoms with Crippen molar-refractivity contribution in [1.29, 1.82) is 0 Å². The number of nitrogens with zero attached hydrogens (tertiary/aromatic N) is 1. The lowest BCUT2D eigenvalue weighted by molar-refractivity contribution is -0.385. The second-order valence-electron chi connectivity index (χ2n) is 4.63. The van der Waals surface area contributed by atoms with Crippen molar-refractivity contribution in [3.63, 3.8) is 0 Å². The highest BCUT2D eigenvalue weighted by molar-refractivity contribution is 7.98. The summed E-state index contributed by atoms with van der Waals surface area (Å²) >= 11 is 1.65. The van der Waals surface area contributed by atoms with Gasteiger partial charge in [-0.1, -0.05) is 12.1 Å². The third-order valence-corrected chi connectivity index (χ3v) is 4.29. The number of nitro groups is 1. The van der Waals surface area contributed by atoms with Crippen LogP contribution in [0.25, 0.3) is 0 Å². The molecule has 0 bridgehead atoms. The Morgan fingerprint density at radius 1 is 1.25 bits per heavy atom. The van der Waals surface area contributed by atoms with Crippen LogP contribution < -0.4 is 5.73 Å². The van der Waals surface area contributed by atoms with Gasteiger partial charge in [0.1, 0.15) is 0 Å². The van der Waals surface area contributed by atoms with Crippen LogP contribution in [0, 0.1) is 24.0 Å². The first-order chi connectivity index (χ1) is 9.49. The average Bonchev–Trinajstić information content (AvgIpc) is 2.41. The molecule has 20 heavy (non-hydrogen) atoms. The van der Waals surface area contributed by atoms with E-state index in [1.165, 1.54) is 6.07 Å². The van der Waals surface area contributed by atoms with Crippen molar-refractivity contribution < 1.29 is 4.92 Å². The van der Waals surface area contributed by atoms with Crippen LogP contribution >= 0.6 is 11.8 Å². The van der Waals surface area contributed by atoms with Gasteiger partial charge in [-0.2, -0.15) is 0 Å². The highest BCUT2D eigenvalue weighted by atomic mass is 32.2. The quantitative estimate of drug-likeness (QED) is 0.398. The molecule has 0 saturated heterocycles. The molecule has 0 aromatic heterocycles. The number of thioether (sulfide) groups is 1. The van der Waals surface area contributed by atoms with Gasteiger partial charge in [-0.25, -0.2) is 0 Å². The first kappa shape index (κ1) is 14.4. The Morgan fingerprint density at radius 3 is 2.65 bits per heavy atom. The van der Waals surface area contributed by atoms with E-state index in [0.717, 1.165) is 27.3 Å². The zero-order valence-corrected chi connectivity index (χ0v) is 12.2. The Balaban J connectivity index is 2.17. The summed E-state index contributed by atoms with van der Waals surface area (Å²) in [5.74, 6) is 0.705. The van der Waals surface area contributed by atoms with E-state index in [0.29, 0.717) is 5.75 Å². The molecule has 2 aromatic carbocycles. The van der Waals surface area contributed by atoms with Gasteiger partial charge in [-0.15, -0.1) is 11.8 Å². The smallest absolute Gasteiger partial charge is 0.272 e. The number of aryl methyl sites for hydroxylation is 1. The summed E-state index contributed by atoms with van der Waals surface area (Å²) in [6, 6.07) is 11.1. The predicted octanol–water partition coefficient (Wildman–Crippen LogP) is 4.09. The lowest BCUT2D eigenvalue weighted by atomic mass is 10.1.